The number of hydrogen-bond donors (Lipinski definition) is 2. The van der Waals surface area contributed by atoms with Gasteiger partial charge in [-0.2, -0.15) is 0 Å². The predicted molar refractivity (Wildman–Crippen MR) is 57.5 cm³/mol. The van der Waals surface area contributed by atoms with Crippen LogP contribution >= 0.6 is 0 Å². The second-order valence-electron chi connectivity index (χ2n) is 3.46. The summed E-state index contributed by atoms with van der Waals surface area (Å²) in [4.78, 5) is 22.1. The van der Waals surface area contributed by atoms with Gasteiger partial charge >= 0.3 is 5.97 Å². The Balaban J connectivity index is 1.85. The molecule has 2 aromatic heterocycles. The Kier molecular flexibility index (Phi) is 3.37. The van der Waals surface area contributed by atoms with Crippen molar-refractivity contribution in [2.75, 3.05) is 0 Å². The number of nitrogens with one attached hydrogen (secondary N) is 1. The summed E-state index contributed by atoms with van der Waals surface area (Å²) in [5.41, 5.74) is -0.200. The van der Waals surface area contributed by atoms with E-state index < -0.39 is 5.97 Å². The fraction of sp³-hybridized carbons (Fsp3) is 0.200. The number of aromatic carboxylic acids is 1. The first kappa shape index (κ1) is 11.8. The van der Waals surface area contributed by atoms with Crippen LogP contribution in [0.2, 0.25) is 0 Å². The number of rotatable bonds is 5. The zero-order valence-corrected chi connectivity index (χ0v) is 9.24. The van der Waals surface area contributed by atoms with Crippen molar-refractivity contribution in [2.45, 2.75) is 13.1 Å². The molecule has 0 aliphatic rings. The smallest absolute Gasteiger partial charge is 0.358 e. The summed E-state index contributed by atoms with van der Waals surface area (Å²) < 4.78 is 6.20. The number of carbonyl (C=O) groups excluding carboxylic acids is 1. The highest BCUT2D eigenvalue weighted by Gasteiger charge is 2.10. The highest BCUT2D eigenvalue weighted by atomic mass is 16.4. The van der Waals surface area contributed by atoms with Crippen molar-refractivity contribution >= 4 is 11.9 Å². The molecule has 2 aromatic rings. The number of furan rings is 1. The zero-order chi connectivity index (χ0) is 13.0. The minimum Gasteiger partial charge on any atom is -0.476 e. The molecular formula is C10H10N4O4. The first-order valence-electron chi connectivity index (χ1n) is 5.07. The number of carbonyl (C=O) groups is 2. The van der Waals surface area contributed by atoms with Crippen LogP contribution in [-0.2, 0) is 17.9 Å². The monoisotopic (exact) mass is 250 g/mol. The Bertz CT molecular complexity index is 546. The van der Waals surface area contributed by atoms with Gasteiger partial charge in [0.15, 0.2) is 5.69 Å². The quantitative estimate of drug-likeness (QED) is 0.765. The van der Waals surface area contributed by atoms with Crippen LogP contribution in [0.3, 0.4) is 0 Å². The van der Waals surface area contributed by atoms with Crippen LogP contribution in [0.1, 0.15) is 16.2 Å². The van der Waals surface area contributed by atoms with Gasteiger partial charge in [-0.1, -0.05) is 5.21 Å². The van der Waals surface area contributed by atoms with Crippen LogP contribution in [-0.4, -0.2) is 32.0 Å². The van der Waals surface area contributed by atoms with E-state index >= 15 is 0 Å². The standard InChI is InChI=1S/C10H10N4O4/c15-9(11-4-7-2-1-3-18-7)6-14-5-8(10(16)17)12-13-14/h1-3,5H,4,6H2,(H,11,15)(H,16,17). The lowest BCUT2D eigenvalue weighted by Gasteiger charge is -2.02. The van der Waals surface area contributed by atoms with Crippen molar-refractivity contribution in [1.82, 2.24) is 20.3 Å². The van der Waals surface area contributed by atoms with Gasteiger partial charge in [0.2, 0.25) is 5.91 Å². The van der Waals surface area contributed by atoms with Crippen molar-refractivity contribution in [2.24, 2.45) is 0 Å². The Morgan fingerprint density at radius 2 is 2.33 bits per heavy atom. The number of hydrogen-bond acceptors (Lipinski definition) is 5. The summed E-state index contributed by atoms with van der Waals surface area (Å²) in [5.74, 6) is -0.862. The molecule has 18 heavy (non-hydrogen) atoms. The predicted octanol–water partition coefficient (Wildman–Crippen LogP) is -0.114. The Labute approximate surface area is 101 Å². The topological polar surface area (TPSA) is 110 Å². The van der Waals surface area contributed by atoms with Crippen molar-refractivity contribution in [1.29, 1.82) is 0 Å². The van der Waals surface area contributed by atoms with Crippen molar-refractivity contribution in [3.63, 3.8) is 0 Å². The maximum absolute atomic E-state index is 11.5. The molecule has 0 aliphatic carbocycles. The molecule has 0 bridgehead atoms. The van der Waals surface area contributed by atoms with Gasteiger partial charge in [-0.25, -0.2) is 9.48 Å². The molecule has 0 atom stereocenters. The SMILES string of the molecule is O=C(Cn1cc(C(=O)O)nn1)NCc1ccco1. The Hall–Kier alpha value is -2.64. The van der Waals surface area contributed by atoms with Gasteiger partial charge in [-0.3, -0.25) is 4.79 Å². The molecule has 8 heteroatoms. The Morgan fingerprint density at radius 1 is 1.50 bits per heavy atom. The van der Waals surface area contributed by atoms with Crippen LogP contribution in [0.25, 0.3) is 0 Å². The van der Waals surface area contributed by atoms with Crippen LogP contribution < -0.4 is 5.32 Å². The van der Waals surface area contributed by atoms with Crippen molar-refractivity contribution in [3.8, 4) is 0 Å². The third-order valence-electron chi connectivity index (χ3n) is 2.10. The summed E-state index contributed by atoms with van der Waals surface area (Å²) >= 11 is 0. The molecule has 94 valence electrons. The zero-order valence-electron chi connectivity index (χ0n) is 9.24. The van der Waals surface area contributed by atoms with Gasteiger partial charge in [0.1, 0.15) is 12.3 Å². The van der Waals surface area contributed by atoms with Gasteiger partial charge in [0.05, 0.1) is 19.0 Å². The van der Waals surface area contributed by atoms with E-state index in [0.717, 1.165) is 4.68 Å². The lowest BCUT2D eigenvalue weighted by molar-refractivity contribution is -0.122. The molecule has 0 radical (unpaired) electrons. The maximum Gasteiger partial charge on any atom is 0.358 e. The van der Waals surface area contributed by atoms with Crippen molar-refractivity contribution in [3.05, 3.63) is 36.0 Å². The van der Waals surface area contributed by atoms with E-state index in [1.807, 2.05) is 0 Å². The van der Waals surface area contributed by atoms with Gasteiger partial charge in [-0.05, 0) is 12.1 Å². The molecule has 0 saturated carbocycles. The number of carboxylic acid groups (broad SMARTS) is 1. The highest BCUT2D eigenvalue weighted by Crippen LogP contribution is 1.98. The van der Waals surface area contributed by atoms with Crippen LogP contribution in [0, 0.1) is 0 Å². The van der Waals surface area contributed by atoms with Crippen LogP contribution in [0.15, 0.2) is 29.0 Å². The van der Waals surface area contributed by atoms with Gasteiger partial charge in [0.25, 0.3) is 0 Å². The maximum atomic E-state index is 11.5. The average molecular weight is 250 g/mol. The fourth-order valence-corrected chi connectivity index (χ4v) is 1.28. The summed E-state index contributed by atoms with van der Waals surface area (Å²) in [6.45, 7) is 0.174. The third-order valence-corrected chi connectivity index (χ3v) is 2.10. The van der Waals surface area contributed by atoms with E-state index in [4.69, 9.17) is 9.52 Å². The van der Waals surface area contributed by atoms with E-state index in [-0.39, 0.29) is 24.7 Å². The van der Waals surface area contributed by atoms with Gasteiger partial charge in [-0.15, -0.1) is 5.10 Å². The Morgan fingerprint density at radius 3 is 2.94 bits per heavy atom. The second kappa shape index (κ2) is 5.13. The van der Waals surface area contributed by atoms with E-state index in [9.17, 15) is 9.59 Å². The molecule has 0 spiro atoms. The van der Waals surface area contributed by atoms with Crippen molar-refractivity contribution < 1.29 is 19.1 Å². The van der Waals surface area contributed by atoms with E-state index in [2.05, 4.69) is 15.6 Å². The van der Waals surface area contributed by atoms with E-state index in [0.29, 0.717) is 5.76 Å². The number of nitrogens with zero attached hydrogens (tertiary/aromatic N) is 3. The molecule has 1 amide bonds. The van der Waals surface area contributed by atoms with Gasteiger partial charge in [0, 0.05) is 0 Å². The minimum absolute atomic E-state index is 0.0962. The molecule has 0 unspecified atom stereocenters. The molecule has 2 heterocycles. The average Bonchev–Trinajstić information content (AvgIpc) is 2.96. The molecule has 0 fully saturated rings. The number of carboxylic acids is 1. The second-order valence-corrected chi connectivity index (χ2v) is 3.46. The van der Waals surface area contributed by atoms with Crippen LogP contribution in [0.5, 0.6) is 0 Å². The summed E-state index contributed by atoms with van der Waals surface area (Å²) in [5, 5.41) is 18.2. The molecule has 2 rings (SSSR count). The first-order chi connectivity index (χ1) is 8.65. The largest absolute Gasteiger partial charge is 0.476 e. The number of amides is 1. The summed E-state index contributed by atoms with van der Waals surface area (Å²) in [6, 6.07) is 3.45. The number of aromatic nitrogens is 3. The van der Waals surface area contributed by atoms with E-state index in [1.165, 1.54) is 12.5 Å². The fourth-order valence-electron chi connectivity index (χ4n) is 1.28. The van der Waals surface area contributed by atoms with Gasteiger partial charge < -0.3 is 14.8 Å². The molecule has 0 aromatic carbocycles. The van der Waals surface area contributed by atoms with E-state index in [1.54, 1.807) is 12.1 Å². The summed E-state index contributed by atoms with van der Waals surface area (Å²) in [6.07, 6.45) is 2.70. The molecule has 0 aliphatic heterocycles. The lowest BCUT2D eigenvalue weighted by atomic mass is 10.4. The molecule has 2 N–H and O–H groups in total. The van der Waals surface area contributed by atoms with Crippen LogP contribution in [0.4, 0.5) is 0 Å². The normalized spacial score (nSPS) is 10.2. The summed E-state index contributed by atoms with van der Waals surface area (Å²) in [7, 11) is 0. The minimum atomic E-state index is -1.18. The lowest BCUT2D eigenvalue weighted by Crippen LogP contribution is -2.27. The third kappa shape index (κ3) is 2.94. The molecule has 8 nitrogen and oxygen atoms in total. The molecule has 0 saturated heterocycles. The highest BCUT2D eigenvalue weighted by molar-refractivity contribution is 5.84. The first-order valence-corrected chi connectivity index (χ1v) is 5.07. The molecular weight excluding hydrogens is 240 g/mol.